The monoisotopic (exact) mass is 341 g/mol. The van der Waals surface area contributed by atoms with Crippen molar-refractivity contribution in [2.45, 2.75) is 67.5 Å². The fourth-order valence-corrected chi connectivity index (χ4v) is 1.52. The standard InChI is InChI=1S/C15H23NO4.2C2H6/c1-11-6-7-12(8-13(11)19-10-18-5)9-16-14(17)20-15(2,3)4;2*1-2/h6-8H,9-10H2,1-5H3,(H,16,17);2*1-2H3. The van der Waals surface area contributed by atoms with E-state index in [-0.39, 0.29) is 6.79 Å². The Bertz CT molecular complexity index is 453. The van der Waals surface area contributed by atoms with Gasteiger partial charge in [-0.05, 0) is 44.9 Å². The highest BCUT2D eigenvalue weighted by Gasteiger charge is 2.15. The molecule has 0 aromatic heterocycles. The van der Waals surface area contributed by atoms with Gasteiger partial charge in [-0.2, -0.15) is 0 Å². The van der Waals surface area contributed by atoms with Gasteiger partial charge in [0.15, 0.2) is 6.79 Å². The lowest BCUT2D eigenvalue weighted by molar-refractivity contribution is 0.0500. The number of ether oxygens (including phenoxy) is 3. The Morgan fingerprint density at radius 3 is 2.21 bits per heavy atom. The van der Waals surface area contributed by atoms with Gasteiger partial charge in [0.05, 0.1) is 0 Å². The number of alkyl carbamates (subject to hydrolysis) is 1. The first-order chi connectivity index (χ1) is 11.3. The normalized spacial score (nSPS) is 9.71. The first-order valence-corrected chi connectivity index (χ1v) is 8.50. The first kappa shape index (κ1) is 24.5. The molecule has 140 valence electrons. The van der Waals surface area contributed by atoms with Crippen LogP contribution < -0.4 is 10.1 Å². The van der Waals surface area contributed by atoms with Crippen molar-refractivity contribution in [1.82, 2.24) is 5.32 Å². The van der Waals surface area contributed by atoms with Crippen molar-refractivity contribution in [3.8, 4) is 5.75 Å². The number of benzene rings is 1. The average molecular weight is 341 g/mol. The fraction of sp³-hybridized carbons (Fsp3) is 0.632. The maximum absolute atomic E-state index is 11.6. The number of amides is 1. The molecule has 5 nitrogen and oxygen atoms in total. The van der Waals surface area contributed by atoms with Crippen LogP contribution in [0.4, 0.5) is 4.79 Å². The molecular weight excluding hydrogens is 306 g/mol. The molecule has 0 heterocycles. The van der Waals surface area contributed by atoms with Crippen molar-refractivity contribution in [3.63, 3.8) is 0 Å². The van der Waals surface area contributed by atoms with Gasteiger partial charge in [0, 0.05) is 13.7 Å². The van der Waals surface area contributed by atoms with Gasteiger partial charge in [-0.1, -0.05) is 39.8 Å². The van der Waals surface area contributed by atoms with Crippen LogP contribution in [-0.4, -0.2) is 25.6 Å². The van der Waals surface area contributed by atoms with E-state index in [2.05, 4.69) is 5.32 Å². The zero-order valence-corrected chi connectivity index (χ0v) is 16.8. The maximum Gasteiger partial charge on any atom is 0.407 e. The van der Waals surface area contributed by atoms with Gasteiger partial charge in [-0.15, -0.1) is 0 Å². The van der Waals surface area contributed by atoms with E-state index in [1.165, 1.54) is 0 Å². The molecule has 0 fully saturated rings. The third-order valence-electron chi connectivity index (χ3n) is 2.42. The summed E-state index contributed by atoms with van der Waals surface area (Å²) in [7, 11) is 1.57. The van der Waals surface area contributed by atoms with Gasteiger partial charge in [-0.25, -0.2) is 4.79 Å². The minimum absolute atomic E-state index is 0.198. The van der Waals surface area contributed by atoms with Crippen molar-refractivity contribution in [2.75, 3.05) is 13.9 Å². The molecule has 0 spiro atoms. The van der Waals surface area contributed by atoms with Crippen LogP contribution in [0.25, 0.3) is 0 Å². The third kappa shape index (κ3) is 11.8. The van der Waals surface area contributed by atoms with Gasteiger partial charge in [0.1, 0.15) is 11.4 Å². The zero-order valence-electron chi connectivity index (χ0n) is 16.8. The molecule has 0 atom stereocenters. The summed E-state index contributed by atoms with van der Waals surface area (Å²) in [5.74, 6) is 0.746. The van der Waals surface area contributed by atoms with E-state index in [4.69, 9.17) is 14.2 Å². The van der Waals surface area contributed by atoms with Crippen LogP contribution in [0.3, 0.4) is 0 Å². The second kappa shape index (κ2) is 13.7. The van der Waals surface area contributed by atoms with E-state index in [9.17, 15) is 4.79 Å². The van der Waals surface area contributed by atoms with Gasteiger partial charge in [0.25, 0.3) is 0 Å². The number of carbonyl (C=O) groups is 1. The van der Waals surface area contributed by atoms with Crippen LogP contribution in [0.15, 0.2) is 18.2 Å². The molecule has 1 aromatic carbocycles. The highest BCUT2D eigenvalue weighted by molar-refractivity contribution is 5.67. The molecule has 5 heteroatoms. The highest BCUT2D eigenvalue weighted by atomic mass is 16.7. The Hall–Kier alpha value is -1.75. The number of methoxy groups -OCH3 is 1. The molecule has 0 unspecified atom stereocenters. The lowest BCUT2D eigenvalue weighted by atomic mass is 10.1. The minimum Gasteiger partial charge on any atom is -0.467 e. The van der Waals surface area contributed by atoms with Crippen LogP contribution in [0, 0.1) is 6.92 Å². The fourth-order valence-electron chi connectivity index (χ4n) is 1.52. The van der Waals surface area contributed by atoms with Crippen LogP contribution >= 0.6 is 0 Å². The number of rotatable bonds is 5. The Kier molecular flexibility index (Phi) is 14.0. The number of aryl methyl sites for hydroxylation is 1. The summed E-state index contributed by atoms with van der Waals surface area (Å²) in [6.45, 7) is 16.0. The van der Waals surface area contributed by atoms with Crippen LogP contribution in [0.5, 0.6) is 5.75 Å². The first-order valence-electron chi connectivity index (χ1n) is 8.50. The topological polar surface area (TPSA) is 56.8 Å². The minimum atomic E-state index is -0.496. The Morgan fingerprint density at radius 1 is 1.12 bits per heavy atom. The predicted molar refractivity (Wildman–Crippen MR) is 99.5 cm³/mol. The molecule has 0 radical (unpaired) electrons. The number of carbonyl (C=O) groups excluding carboxylic acids is 1. The molecule has 1 amide bonds. The van der Waals surface area contributed by atoms with Crippen LogP contribution in [0.2, 0.25) is 0 Å². The lowest BCUT2D eigenvalue weighted by Gasteiger charge is -2.19. The molecular formula is C19H35NO4. The molecule has 0 bridgehead atoms. The van der Waals surface area contributed by atoms with E-state index in [1.807, 2.05) is 73.6 Å². The van der Waals surface area contributed by atoms with E-state index in [0.717, 1.165) is 16.9 Å². The van der Waals surface area contributed by atoms with Crippen molar-refractivity contribution in [1.29, 1.82) is 0 Å². The maximum atomic E-state index is 11.6. The molecule has 0 aliphatic heterocycles. The molecule has 0 aliphatic rings. The third-order valence-corrected chi connectivity index (χ3v) is 2.42. The Labute approximate surface area is 147 Å². The summed E-state index contributed by atoms with van der Waals surface area (Å²) < 4.78 is 15.5. The smallest absolute Gasteiger partial charge is 0.407 e. The summed E-state index contributed by atoms with van der Waals surface area (Å²) in [6, 6.07) is 5.76. The summed E-state index contributed by atoms with van der Waals surface area (Å²) in [5, 5.41) is 2.71. The average Bonchev–Trinajstić information content (AvgIpc) is 2.55. The molecule has 1 rings (SSSR count). The van der Waals surface area contributed by atoms with Crippen molar-refractivity contribution >= 4 is 6.09 Å². The van der Waals surface area contributed by atoms with Crippen molar-refractivity contribution in [3.05, 3.63) is 29.3 Å². The number of nitrogens with one attached hydrogen (secondary N) is 1. The molecule has 0 saturated heterocycles. The van der Waals surface area contributed by atoms with E-state index < -0.39 is 11.7 Å². The Morgan fingerprint density at radius 2 is 1.71 bits per heavy atom. The van der Waals surface area contributed by atoms with Crippen molar-refractivity contribution < 1.29 is 19.0 Å². The summed E-state index contributed by atoms with van der Waals surface area (Å²) >= 11 is 0. The summed E-state index contributed by atoms with van der Waals surface area (Å²) in [5.41, 5.74) is 1.46. The van der Waals surface area contributed by atoms with E-state index >= 15 is 0 Å². The SMILES string of the molecule is CC.CC.COCOc1cc(CNC(=O)OC(C)(C)C)ccc1C. The zero-order chi connectivity index (χ0) is 19.2. The molecule has 1 N–H and O–H groups in total. The molecule has 0 aliphatic carbocycles. The Balaban J connectivity index is 0. The van der Waals surface area contributed by atoms with E-state index in [0.29, 0.717) is 6.54 Å². The van der Waals surface area contributed by atoms with Crippen LogP contribution in [-0.2, 0) is 16.0 Å². The van der Waals surface area contributed by atoms with Gasteiger partial charge in [-0.3, -0.25) is 0 Å². The number of hydrogen-bond acceptors (Lipinski definition) is 4. The second-order valence-electron chi connectivity index (χ2n) is 5.51. The molecule has 24 heavy (non-hydrogen) atoms. The lowest BCUT2D eigenvalue weighted by Crippen LogP contribution is -2.32. The molecule has 0 saturated carbocycles. The molecule has 1 aromatic rings. The van der Waals surface area contributed by atoms with Gasteiger partial charge in [0.2, 0.25) is 0 Å². The summed E-state index contributed by atoms with van der Waals surface area (Å²) in [4.78, 5) is 11.6. The van der Waals surface area contributed by atoms with Gasteiger partial charge < -0.3 is 19.5 Å². The van der Waals surface area contributed by atoms with E-state index in [1.54, 1.807) is 7.11 Å². The predicted octanol–water partition coefficient (Wildman–Crippen LogP) is 5.05. The largest absolute Gasteiger partial charge is 0.467 e. The summed E-state index contributed by atoms with van der Waals surface area (Å²) in [6.07, 6.45) is -0.433. The quantitative estimate of drug-likeness (QED) is 0.761. The van der Waals surface area contributed by atoms with Gasteiger partial charge >= 0.3 is 6.09 Å². The number of hydrogen-bond donors (Lipinski definition) is 1. The van der Waals surface area contributed by atoms with Crippen molar-refractivity contribution in [2.24, 2.45) is 0 Å². The van der Waals surface area contributed by atoms with Crippen LogP contribution in [0.1, 0.15) is 59.6 Å². The highest BCUT2D eigenvalue weighted by Crippen LogP contribution is 2.19. The second-order valence-corrected chi connectivity index (χ2v) is 5.51.